The van der Waals surface area contributed by atoms with Crippen molar-refractivity contribution in [1.29, 1.82) is 0 Å². The Kier molecular flexibility index (Phi) is 4.93. The first-order valence-corrected chi connectivity index (χ1v) is 9.35. The van der Waals surface area contributed by atoms with Gasteiger partial charge in [0.05, 0.1) is 11.3 Å². The quantitative estimate of drug-likeness (QED) is 0.732. The van der Waals surface area contributed by atoms with Crippen LogP contribution < -0.4 is 5.73 Å². The predicted octanol–water partition coefficient (Wildman–Crippen LogP) is 3.14. The van der Waals surface area contributed by atoms with Gasteiger partial charge < -0.3 is 15.7 Å². The largest absolute Gasteiger partial charge is 0.508 e. The number of aromatic hydroxyl groups is 1. The number of nitrogen functional groups attached to an aromatic ring is 1. The summed E-state index contributed by atoms with van der Waals surface area (Å²) in [6.07, 6.45) is 3.29. The normalized spacial score (nSPS) is 16.3. The fourth-order valence-electron chi connectivity index (χ4n) is 3.74. The minimum Gasteiger partial charge on any atom is -0.508 e. The molecule has 1 aliphatic rings. The molecule has 1 atom stereocenters. The van der Waals surface area contributed by atoms with Crippen molar-refractivity contribution in [1.82, 2.24) is 14.9 Å². The zero-order valence-corrected chi connectivity index (χ0v) is 15.5. The summed E-state index contributed by atoms with van der Waals surface area (Å²) in [5.74, 6) is 0.714. The predicted molar refractivity (Wildman–Crippen MR) is 108 cm³/mol. The van der Waals surface area contributed by atoms with Gasteiger partial charge in [0.2, 0.25) is 5.95 Å². The van der Waals surface area contributed by atoms with Crippen molar-refractivity contribution < 1.29 is 9.90 Å². The Labute approximate surface area is 163 Å². The van der Waals surface area contributed by atoms with E-state index in [1.54, 1.807) is 12.1 Å². The summed E-state index contributed by atoms with van der Waals surface area (Å²) < 4.78 is 0. The Morgan fingerprint density at radius 1 is 1.18 bits per heavy atom. The minimum atomic E-state index is -0.0720. The topological polar surface area (TPSA) is 92.3 Å². The molecular weight excluding hydrogens is 352 g/mol. The van der Waals surface area contributed by atoms with Crippen molar-refractivity contribution in [3.63, 3.8) is 0 Å². The first kappa shape index (κ1) is 18.0. The molecule has 1 saturated heterocycles. The van der Waals surface area contributed by atoms with Crippen molar-refractivity contribution >= 4 is 11.9 Å². The number of phenols is 1. The number of nitrogens with zero attached hydrogens (tertiary/aromatic N) is 3. The maximum atomic E-state index is 13.2. The molecule has 1 amide bonds. The van der Waals surface area contributed by atoms with Crippen molar-refractivity contribution in [2.45, 2.75) is 12.8 Å². The molecule has 2 heterocycles. The van der Waals surface area contributed by atoms with Crippen molar-refractivity contribution in [2.75, 3.05) is 18.8 Å². The molecule has 2 aromatic carbocycles. The summed E-state index contributed by atoms with van der Waals surface area (Å²) >= 11 is 0. The van der Waals surface area contributed by atoms with Gasteiger partial charge >= 0.3 is 0 Å². The molecule has 0 radical (unpaired) electrons. The van der Waals surface area contributed by atoms with Gasteiger partial charge in [-0.1, -0.05) is 42.5 Å². The Hall–Kier alpha value is -3.41. The molecule has 28 heavy (non-hydrogen) atoms. The molecule has 0 aliphatic carbocycles. The van der Waals surface area contributed by atoms with Crippen LogP contribution in [-0.4, -0.2) is 39.0 Å². The van der Waals surface area contributed by atoms with E-state index >= 15 is 0 Å². The van der Waals surface area contributed by atoms with E-state index in [0.29, 0.717) is 30.3 Å². The zero-order valence-electron chi connectivity index (χ0n) is 15.5. The Morgan fingerprint density at radius 3 is 2.79 bits per heavy atom. The second kappa shape index (κ2) is 7.68. The van der Waals surface area contributed by atoms with Gasteiger partial charge in [-0.3, -0.25) is 4.79 Å². The molecule has 1 fully saturated rings. The van der Waals surface area contributed by atoms with Gasteiger partial charge in [0, 0.05) is 24.8 Å². The summed E-state index contributed by atoms with van der Waals surface area (Å²) in [6, 6.07) is 16.9. The van der Waals surface area contributed by atoms with E-state index in [9.17, 15) is 9.90 Å². The Bertz CT molecular complexity index is 991. The number of amides is 1. The molecule has 3 aromatic rings. The standard InChI is InChI=1S/C22H22N4O2/c23-22-24-13-19(20(25-22)17-6-2-1-3-7-17)21(28)26-10-9-16(14-26)11-15-5-4-8-18(27)12-15/h1-8,12-13,16,27H,9-11,14H2,(H2,23,24,25). The van der Waals surface area contributed by atoms with Gasteiger partial charge in [0.25, 0.3) is 5.91 Å². The van der Waals surface area contributed by atoms with E-state index in [2.05, 4.69) is 9.97 Å². The number of nitrogens with two attached hydrogens (primary N) is 1. The van der Waals surface area contributed by atoms with E-state index in [4.69, 9.17) is 5.73 Å². The lowest BCUT2D eigenvalue weighted by Crippen LogP contribution is -2.30. The number of phenolic OH excluding ortho intramolecular Hbond substituents is 1. The van der Waals surface area contributed by atoms with Crippen LogP contribution in [0.3, 0.4) is 0 Å². The first-order chi connectivity index (χ1) is 13.6. The van der Waals surface area contributed by atoms with Crippen LogP contribution >= 0.6 is 0 Å². The van der Waals surface area contributed by atoms with Gasteiger partial charge in [-0.15, -0.1) is 0 Å². The molecule has 0 bridgehead atoms. The Balaban J connectivity index is 1.53. The van der Waals surface area contributed by atoms with Gasteiger partial charge in [0.1, 0.15) is 5.75 Å². The number of likely N-dealkylation sites (tertiary alicyclic amines) is 1. The average molecular weight is 374 g/mol. The maximum Gasteiger partial charge on any atom is 0.257 e. The number of benzene rings is 2. The van der Waals surface area contributed by atoms with E-state index in [1.807, 2.05) is 47.4 Å². The lowest BCUT2D eigenvalue weighted by Gasteiger charge is -2.18. The smallest absolute Gasteiger partial charge is 0.257 e. The number of hydrogen-bond donors (Lipinski definition) is 2. The molecule has 0 spiro atoms. The molecule has 6 nitrogen and oxygen atoms in total. The van der Waals surface area contributed by atoms with Gasteiger partial charge in [0.15, 0.2) is 0 Å². The monoisotopic (exact) mass is 374 g/mol. The molecule has 1 unspecified atom stereocenters. The van der Waals surface area contributed by atoms with Crippen LogP contribution in [0.5, 0.6) is 5.75 Å². The number of carbonyl (C=O) groups excluding carboxylic acids is 1. The molecule has 4 rings (SSSR count). The van der Waals surface area contributed by atoms with Crippen LogP contribution in [0, 0.1) is 5.92 Å². The summed E-state index contributed by atoms with van der Waals surface area (Å²) in [6.45, 7) is 1.37. The molecule has 6 heteroatoms. The fourth-order valence-corrected chi connectivity index (χ4v) is 3.74. The van der Waals surface area contributed by atoms with Crippen LogP contribution in [0.25, 0.3) is 11.3 Å². The van der Waals surface area contributed by atoms with E-state index in [1.165, 1.54) is 6.20 Å². The highest BCUT2D eigenvalue weighted by Gasteiger charge is 2.29. The third kappa shape index (κ3) is 3.81. The van der Waals surface area contributed by atoms with Gasteiger partial charge in [-0.05, 0) is 36.5 Å². The van der Waals surface area contributed by atoms with Gasteiger partial charge in [-0.2, -0.15) is 0 Å². The number of hydrogen-bond acceptors (Lipinski definition) is 5. The summed E-state index contributed by atoms with van der Waals surface area (Å²) in [5, 5.41) is 9.65. The van der Waals surface area contributed by atoms with Crippen LogP contribution in [-0.2, 0) is 6.42 Å². The van der Waals surface area contributed by atoms with Crippen molar-refractivity contribution in [3.8, 4) is 17.0 Å². The molecule has 1 aliphatic heterocycles. The van der Waals surface area contributed by atoms with Crippen LogP contribution in [0.1, 0.15) is 22.3 Å². The fraction of sp³-hybridized carbons (Fsp3) is 0.227. The number of anilines is 1. The lowest BCUT2D eigenvalue weighted by molar-refractivity contribution is 0.0787. The number of rotatable bonds is 4. The van der Waals surface area contributed by atoms with E-state index in [0.717, 1.165) is 24.0 Å². The van der Waals surface area contributed by atoms with Crippen LogP contribution in [0.4, 0.5) is 5.95 Å². The second-order valence-corrected chi connectivity index (χ2v) is 7.14. The van der Waals surface area contributed by atoms with E-state index < -0.39 is 0 Å². The highest BCUT2D eigenvalue weighted by Crippen LogP contribution is 2.27. The Morgan fingerprint density at radius 2 is 2.00 bits per heavy atom. The summed E-state index contributed by atoms with van der Waals surface area (Å²) in [5.41, 5.74) is 8.73. The molecule has 142 valence electrons. The maximum absolute atomic E-state index is 13.2. The highest BCUT2D eigenvalue weighted by molar-refractivity contribution is 6.00. The average Bonchev–Trinajstić information content (AvgIpc) is 3.16. The third-order valence-electron chi connectivity index (χ3n) is 5.09. The number of aromatic nitrogens is 2. The molecular formula is C22H22N4O2. The lowest BCUT2D eigenvalue weighted by atomic mass is 9.98. The second-order valence-electron chi connectivity index (χ2n) is 7.14. The zero-order chi connectivity index (χ0) is 19.5. The third-order valence-corrected chi connectivity index (χ3v) is 5.09. The van der Waals surface area contributed by atoms with E-state index in [-0.39, 0.29) is 17.6 Å². The first-order valence-electron chi connectivity index (χ1n) is 9.35. The SMILES string of the molecule is Nc1ncc(C(=O)N2CCC(Cc3cccc(O)c3)C2)c(-c2ccccc2)n1. The molecule has 3 N–H and O–H groups in total. The molecule has 0 saturated carbocycles. The van der Waals surface area contributed by atoms with Gasteiger partial charge in [-0.25, -0.2) is 9.97 Å². The number of carbonyl (C=O) groups is 1. The summed E-state index contributed by atoms with van der Waals surface area (Å²) in [7, 11) is 0. The minimum absolute atomic E-state index is 0.0720. The highest BCUT2D eigenvalue weighted by atomic mass is 16.3. The van der Waals surface area contributed by atoms with Crippen molar-refractivity contribution in [2.24, 2.45) is 5.92 Å². The van der Waals surface area contributed by atoms with Crippen LogP contribution in [0.15, 0.2) is 60.8 Å². The molecule has 1 aromatic heterocycles. The summed E-state index contributed by atoms with van der Waals surface area (Å²) in [4.78, 5) is 23.4. The van der Waals surface area contributed by atoms with Crippen molar-refractivity contribution in [3.05, 3.63) is 71.9 Å². The van der Waals surface area contributed by atoms with Crippen LogP contribution in [0.2, 0.25) is 0 Å².